The van der Waals surface area contributed by atoms with E-state index >= 15 is 0 Å². The van der Waals surface area contributed by atoms with E-state index in [4.69, 9.17) is 19.9 Å². The first kappa shape index (κ1) is 23.7. The maximum atomic E-state index is 12.8. The summed E-state index contributed by atoms with van der Waals surface area (Å²) in [5.74, 6) is 0.187. The number of nitrogens with zero attached hydrogens (tertiary/aromatic N) is 3. The molecule has 34 heavy (non-hydrogen) atoms. The van der Waals surface area contributed by atoms with Crippen molar-refractivity contribution in [2.75, 3.05) is 33.9 Å². The molecule has 2 heterocycles. The van der Waals surface area contributed by atoms with Crippen molar-refractivity contribution < 1.29 is 23.8 Å². The monoisotopic (exact) mass is 485 g/mol. The molecule has 1 aliphatic carbocycles. The second-order valence-corrected chi connectivity index (χ2v) is 8.94. The first-order valence-electron chi connectivity index (χ1n) is 10.9. The molecule has 3 N–H and O–H groups in total. The van der Waals surface area contributed by atoms with Crippen LogP contribution in [0.4, 0.5) is 0 Å². The van der Waals surface area contributed by atoms with Crippen molar-refractivity contribution in [1.29, 1.82) is 0 Å². The summed E-state index contributed by atoms with van der Waals surface area (Å²) in [5, 5.41) is 4.74. The molecule has 0 atom stereocenters. The number of benzene rings is 1. The quantitative estimate of drug-likeness (QED) is 0.388. The minimum Gasteiger partial charge on any atom is -0.485 e. The molecule has 1 aliphatic heterocycles. The molecule has 2 fully saturated rings. The Kier molecular flexibility index (Phi) is 7.13. The zero-order valence-electron chi connectivity index (χ0n) is 19.1. The van der Waals surface area contributed by atoms with Crippen molar-refractivity contribution in [3.05, 3.63) is 47.1 Å². The van der Waals surface area contributed by atoms with Crippen LogP contribution in [-0.4, -0.2) is 67.0 Å². The number of amides is 2. The van der Waals surface area contributed by atoms with E-state index in [9.17, 15) is 9.59 Å². The van der Waals surface area contributed by atoms with Gasteiger partial charge in [-0.1, -0.05) is 11.3 Å². The maximum Gasteiger partial charge on any atom is 0.279 e. The summed E-state index contributed by atoms with van der Waals surface area (Å²) in [6.07, 6.45) is 5.77. The van der Waals surface area contributed by atoms with Gasteiger partial charge in [0.15, 0.2) is 0 Å². The van der Waals surface area contributed by atoms with Crippen molar-refractivity contribution in [2.45, 2.75) is 24.9 Å². The van der Waals surface area contributed by atoms with Gasteiger partial charge in [0, 0.05) is 44.3 Å². The van der Waals surface area contributed by atoms with Crippen LogP contribution in [-0.2, 0) is 4.74 Å². The molecule has 2 amide bonds. The van der Waals surface area contributed by atoms with Crippen molar-refractivity contribution in [1.82, 2.24) is 15.2 Å². The fraction of sp³-hybridized carbons (Fsp3) is 0.391. The third kappa shape index (κ3) is 5.72. The molecule has 0 spiro atoms. The van der Waals surface area contributed by atoms with Crippen molar-refractivity contribution in [3.8, 4) is 16.7 Å². The molecule has 180 valence electrons. The smallest absolute Gasteiger partial charge is 0.279 e. The molecular weight excluding hydrogens is 458 g/mol. The third-order valence-corrected chi connectivity index (χ3v) is 6.10. The van der Waals surface area contributed by atoms with Crippen LogP contribution in [0, 0.1) is 0 Å². The van der Waals surface area contributed by atoms with Crippen LogP contribution < -0.4 is 20.5 Å². The van der Waals surface area contributed by atoms with Gasteiger partial charge in [0.05, 0.1) is 6.61 Å². The molecule has 2 aliphatic rings. The molecule has 0 radical (unpaired) electrons. The van der Waals surface area contributed by atoms with Gasteiger partial charge in [-0.05, 0) is 43.7 Å². The Labute approximate surface area is 201 Å². The molecular formula is C23H27N5O5S. The Morgan fingerprint density at radius 3 is 2.71 bits per heavy atom. The van der Waals surface area contributed by atoms with E-state index < -0.39 is 11.5 Å². The first-order chi connectivity index (χ1) is 16.4. The number of thiazole rings is 1. The molecule has 4 rings (SSSR count). The summed E-state index contributed by atoms with van der Waals surface area (Å²) in [5.41, 5.74) is 5.97. The summed E-state index contributed by atoms with van der Waals surface area (Å²) in [4.78, 5) is 35.1. The van der Waals surface area contributed by atoms with Crippen LogP contribution in [0.25, 0.3) is 0 Å². The van der Waals surface area contributed by atoms with Gasteiger partial charge in [-0.3, -0.25) is 9.59 Å². The zero-order valence-corrected chi connectivity index (χ0v) is 19.9. The number of likely N-dealkylation sites (tertiary alicyclic amines) is 1. The van der Waals surface area contributed by atoms with Crippen LogP contribution in [0.15, 0.2) is 40.8 Å². The Morgan fingerprint density at radius 2 is 2.06 bits per heavy atom. The molecule has 1 saturated carbocycles. The van der Waals surface area contributed by atoms with E-state index in [-0.39, 0.29) is 22.5 Å². The second kappa shape index (κ2) is 10.2. The minimum absolute atomic E-state index is 0.0558. The number of carbonyl (C=O) groups excluding carboxylic acids is 2. The largest absolute Gasteiger partial charge is 0.485 e. The highest BCUT2D eigenvalue weighted by atomic mass is 32.1. The van der Waals surface area contributed by atoms with Gasteiger partial charge >= 0.3 is 0 Å². The molecule has 0 bridgehead atoms. The lowest BCUT2D eigenvalue weighted by molar-refractivity contribution is 0.0636. The number of hydrogen-bond donors (Lipinski definition) is 2. The third-order valence-electron chi connectivity index (χ3n) is 5.38. The predicted octanol–water partition coefficient (Wildman–Crippen LogP) is 2.57. The molecule has 1 aromatic carbocycles. The van der Waals surface area contributed by atoms with Crippen LogP contribution in [0.3, 0.4) is 0 Å². The summed E-state index contributed by atoms with van der Waals surface area (Å²) < 4.78 is 17.3. The van der Waals surface area contributed by atoms with E-state index in [2.05, 4.69) is 15.3 Å². The SMILES string of the molecule is CN/C=C\C(N)=NC(=O)c1cc(Oc2nc(C(=O)N3CCC3)cs2)cc(OC2(COC)CC2)c1. The number of methoxy groups -OCH3 is 1. The van der Waals surface area contributed by atoms with E-state index in [0.717, 1.165) is 32.4 Å². The van der Waals surface area contributed by atoms with Gasteiger partial charge in [0.1, 0.15) is 28.6 Å². The lowest BCUT2D eigenvalue weighted by Crippen LogP contribution is -2.42. The number of nitrogens with two attached hydrogens (primary N) is 1. The van der Waals surface area contributed by atoms with E-state index in [1.807, 2.05) is 0 Å². The minimum atomic E-state index is -0.544. The Balaban J connectivity index is 1.58. The Hall–Kier alpha value is -3.44. The van der Waals surface area contributed by atoms with Gasteiger partial charge in [0.2, 0.25) is 0 Å². The zero-order chi connectivity index (χ0) is 24.1. The fourth-order valence-corrected chi connectivity index (χ4v) is 3.98. The van der Waals surface area contributed by atoms with Crippen LogP contribution in [0.1, 0.15) is 40.1 Å². The van der Waals surface area contributed by atoms with Gasteiger partial charge in [-0.25, -0.2) is 0 Å². The molecule has 0 unspecified atom stereocenters. The summed E-state index contributed by atoms with van der Waals surface area (Å²) in [6.45, 7) is 1.93. The number of aromatic nitrogens is 1. The number of hydrogen-bond acceptors (Lipinski definition) is 8. The first-order valence-corrected chi connectivity index (χ1v) is 11.8. The fourth-order valence-electron chi connectivity index (χ4n) is 3.31. The average Bonchev–Trinajstić information content (AvgIpc) is 3.35. The van der Waals surface area contributed by atoms with Crippen LogP contribution in [0.2, 0.25) is 0 Å². The standard InChI is InChI=1S/C23H27N5O5S/c1-25-7-4-19(24)27-20(29)15-10-16(12-17(11-15)33-23(5-6-23)14-31-2)32-22-26-18(13-34-22)21(30)28-8-3-9-28/h4,7,10-13,25H,3,5-6,8-9,14H2,1-2H3,(H2,24,27,29)/b7-4-. The van der Waals surface area contributed by atoms with Gasteiger partial charge in [0.25, 0.3) is 17.0 Å². The van der Waals surface area contributed by atoms with E-state index in [1.54, 1.807) is 48.8 Å². The lowest BCUT2D eigenvalue weighted by atomic mass is 10.2. The molecule has 10 nitrogen and oxygen atoms in total. The molecule has 1 aromatic heterocycles. The highest BCUT2D eigenvalue weighted by molar-refractivity contribution is 7.11. The van der Waals surface area contributed by atoms with Gasteiger partial charge in [-0.15, -0.1) is 0 Å². The number of ether oxygens (including phenoxy) is 3. The number of amidine groups is 1. The highest BCUT2D eigenvalue weighted by Gasteiger charge is 2.45. The Bertz CT molecular complexity index is 1120. The summed E-state index contributed by atoms with van der Waals surface area (Å²) >= 11 is 1.21. The van der Waals surface area contributed by atoms with Gasteiger partial charge in [-0.2, -0.15) is 9.98 Å². The maximum absolute atomic E-state index is 12.8. The number of aliphatic imine (C=N–C) groups is 1. The summed E-state index contributed by atoms with van der Waals surface area (Å²) in [7, 11) is 3.33. The summed E-state index contributed by atoms with van der Waals surface area (Å²) in [6, 6.07) is 4.82. The predicted molar refractivity (Wildman–Crippen MR) is 128 cm³/mol. The molecule has 1 saturated heterocycles. The van der Waals surface area contributed by atoms with Crippen LogP contribution >= 0.6 is 11.3 Å². The molecule has 11 heteroatoms. The average molecular weight is 486 g/mol. The number of nitrogens with one attached hydrogen (secondary N) is 1. The van der Waals surface area contributed by atoms with E-state index in [0.29, 0.717) is 23.8 Å². The van der Waals surface area contributed by atoms with Crippen molar-refractivity contribution >= 4 is 29.0 Å². The van der Waals surface area contributed by atoms with Crippen LogP contribution in [0.5, 0.6) is 16.7 Å². The van der Waals surface area contributed by atoms with Crippen molar-refractivity contribution in [2.24, 2.45) is 10.7 Å². The number of carbonyl (C=O) groups is 2. The molecule has 2 aromatic rings. The second-order valence-electron chi connectivity index (χ2n) is 8.12. The highest BCUT2D eigenvalue weighted by Crippen LogP contribution is 2.42. The lowest BCUT2D eigenvalue weighted by Gasteiger charge is -2.29. The number of rotatable bonds is 10. The van der Waals surface area contributed by atoms with Gasteiger partial charge < -0.3 is 30.2 Å². The van der Waals surface area contributed by atoms with Crippen molar-refractivity contribution in [3.63, 3.8) is 0 Å². The van der Waals surface area contributed by atoms with E-state index in [1.165, 1.54) is 17.4 Å². The topological polar surface area (TPSA) is 128 Å². The normalized spacial score (nSPS) is 16.8. The Morgan fingerprint density at radius 1 is 1.29 bits per heavy atom.